The Morgan fingerprint density at radius 3 is 2.83 bits per heavy atom. The van der Waals surface area contributed by atoms with Crippen LogP contribution in [0.3, 0.4) is 0 Å². The highest BCUT2D eigenvalue weighted by Crippen LogP contribution is 2.31. The molecule has 2 N–H and O–H groups in total. The van der Waals surface area contributed by atoms with Crippen molar-refractivity contribution in [1.29, 1.82) is 0 Å². The lowest BCUT2D eigenvalue weighted by Crippen LogP contribution is -2.39. The van der Waals surface area contributed by atoms with Gasteiger partial charge in [-0.15, -0.1) is 0 Å². The standard InChI is InChI=1S/C19H25N3O2/c23-19(17-7-3-4-8-20-17)15-13-18(22-9-11-24-12-10-22)21-16-6-2-1-5-14(15)16/h1-2,5-6,13,17,19-20,23H,3-4,7-12H2. The monoisotopic (exact) mass is 327 g/mol. The van der Waals surface area contributed by atoms with E-state index in [0.717, 1.165) is 61.6 Å². The molecule has 1 aromatic heterocycles. The molecule has 2 aliphatic heterocycles. The fourth-order valence-electron chi connectivity index (χ4n) is 3.75. The van der Waals surface area contributed by atoms with E-state index in [-0.39, 0.29) is 6.04 Å². The average molecular weight is 327 g/mol. The van der Waals surface area contributed by atoms with E-state index in [1.165, 1.54) is 12.8 Å². The van der Waals surface area contributed by atoms with E-state index in [2.05, 4.69) is 22.3 Å². The van der Waals surface area contributed by atoms with Gasteiger partial charge < -0.3 is 20.1 Å². The van der Waals surface area contributed by atoms with Crippen LogP contribution in [0.15, 0.2) is 30.3 Å². The topological polar surface area (TPSA) is 57.6 Å². The van der Waals surface area contributed by atoms with E-state index in [4.69, 9.17) is 9.72 Å². The molecule has 128 valence electrons. The Balaban J connectivity index is 1.73. The summed E-state index contributed by atoms with van der Waals surface area (Å²) >= 11 is 0. The maximum absolute atomic E-state index is 11.0. The predicted molar refractivity (Wildman–Crippen MR) is 95.4 cm³/mol. The number of hydrogen-bond acceptors (Lipinski definition) is 5. The highest BCUT2D eigenvalue weighted by molar-refractivity contribution is 5.84. The number of ether oxygens (including phenoxy) is 1. The maximum Gasteiger partial charge on any atom is 0.129 e. The number of pyridine rings is 1. The molecule has 2 atom stereocenters. The van der Waals surface area contributed by atoms with Gasteiger partial charge in [0, 0.05) is 24.5 Å². The number of nitrogens with one attached hydrogen (secondary N) is 1. The number of piperidine rings is 1. The van der Waals surface area contributed by atoms with Gasteiger partial charge in [-0.1, -0.05) is 24.6 Å². The summed E-state index contributed by atoms with van der Waals surface area (Å²) in [4.78, 5) is 7.08. The molecular weight excluding hydrogens is 302 g/mol. The van der Waals surface area contributed by atoms with Gasteiger partial charge in [0.25, 0.3) is 0 Å². The third-order valence-corrected chi connectivity index (χ3v) is 5.12. The van der Waals surface area contributed by atoms with Crippen LogP contribution in [0.2, 0.25) is 0 Å². The second kappa shape index (κ2) is 7.05. The molecule has 4 rings (SSSR count). The first-order valence-electron chi connectivity index (χ1n) is 8.97. The van der Waals surface area contributed by atoms with Crippen LogP contribution in [0.1, 0.15) is 30.9 Å². The highest BCUT2D eigenvalue weighted by atomic mass is 16.5. The van der Waals surface area contributed by atoms with Crippen LogP contribution in [0.25, 0.3) is 10.9 Å². The minimum absolute atomic E-state index is 0.127. The van der Waals surface area contributed by atoms with E-state index >= 15 is 0 Å². The number of morpholine rings is 1. The lowest BCUT2D eigenvalue weighted by atomic mass is 9.93. The molecule has 2 aliphatic rings. The van der Waals surface area contributed by atoms with Crippen molar-refractivity contribution in [2.75, 3.05) is 37.7 Å². The third-order valence-electron chi connectivity index (χ3n) is 5.12. The second-order valence-corrected chi connectivity index (χ2v) is 6.69. The van der Waals surface area contributed by atoms with Gasteiger partial charge in [-0.05, 0) is 37.1 Å². The molecule has 0 aliphatic carbocycles. The van der Waals surface area contributed by atoms with Crippen LogP contribution in [-0.4, -0.2) is 49.0 Å². The van der Waals surface area contributed by atoms with Crippen molar-refractivity contribution in [2.24, 2.45) is 0 Å². The Kier molecular flexibility index (Phi) is 4.65. The summed E-state index contributed by atoms with van der Waals surface area (Å²) in [5.74, 6) is 0.946. The fraction of sp³-hybridized carbons (Fsp3) is 0.526. The molecule has 0 bridgehead atoms. The molecule has 2 saturated heterocycles. The van der Waals surface area contributed by atoms with Gasteiger partial charge in [-0.25, -0.2) is 4.98 Å². The lowest BCUT2D eigenvalue weighted by Gasteiger charge is -2.31. The van der Waals surface area contributed by atoms with Crippen LogP contribution in [0.4, 0.5) is 5.82 Å². The van der Waals surface area contributed by atoms with Crippen LogP contribution in [0, 0.1) is 0 Å². The smallest absolute Gasteiger partial charge is 0.129 e. The van der Waals surface area contributed by atoms with Gasteiger partial charge in [0.2, 0.25) is 0 Å². The molecular formula is C19H25N3O2. The molecule has 0 saturated carbocycles. The molecule has 2 unspecified atom stereocenters. The Bertz CT molecular complexity index is 694. The molecule has 2 aromatic rings. The van der Waals surface area contributed by atoms with Gasteiger partial charge in [0.15, 0.2) is 0 Å². The van der Waals surface area contributed by atoms with E-state index in [1.807, 2.05) is 18.2 Å². The Morgan fingerprint density at radius 2 is 2.04 bits per heavy atom. The fourth-order valence-corrected chi connectivity index (χ4v) is 3.75. The molecule has 3 heterocycles. The van der Waals surface area contributed by atoms with Crippen LogP contribution < -0.4 is 10.2 Å². The van der Waals surface area contributed by atoms with Crippen LogP contribution >= 0.6 is 0 Å². The number of rotatable bonds is 3. The van der Waals surface area contributed by atoms with Crippen molar-refractivity contribution in [3.05, 3.63) is 35.9 Å². The van der Waals surface area contributed by atoms with Crippen molar-refractivity contribution in [1.82, 2.24) is 10.3 Å². The Morgan fingerprint density at radius 1 is 1.21 bits per heavy atom. The second-order valence-electron chi connectivity index (χ2n) is 6.69. The van der Waals surface area contributed by atoms with Crippen LogP contribution in [0.5, 0.6) is 0 Å². The third kappa shape index (κ3) is 3.11. The first-order valence-corrected chi connectivity index (χ1v) is 8.97. The van der Waals surface area contributed by atoms with Gasteiger partial charge in [0.1, 0.15) is 5.82 Å². The van der Waals surface area contributed by atoms with E-state index in [1.54, 1.807) is 0 Å². The molecule has 2 fully saturated rings. The predicted octanol–water partition coefficient (Wildman–Crippen LogP) is 2.25. The first kappa shape index (κ1) is 15.8. The molecule has 1 aromatic carbocycles. The zero-order valence-electron chi connectivity index (χ0n) is 13.9. The number of fused-ring (bicyclic) bond motifs is 1. The molecule has 0 amide bonds. The van der Waals surface area contributed by atoms with Gasteiger partial charge in [-0.2, -0.15) is 0 Å². The van der Waals surface area contributed by atoms with Crippen LogP contribution in [-0.2, 0) is 4.74 Å². The molecule has 5 heteroatoms. The number of aliphatic hydroxyl groups is 1. The largest absolute Gasteiger partial charge is 0.387 e. The van der Waals surface area contributed by atoms with Crippen molar-refractivity contribution in [3.63, 3.8) is 0 Å². The summed E-state index contributed by atoms with van der Waals surface area (Å²) in [6.45, 7) is 4.15. The maximum atomic E-state index is 11.0. The Hall–Kier alpha value is -1.69. The number of aromatic nitrogens is 1. The molecule has 24 heavy (non-hydrogen) atoms. The number of hydrogen-bond donors (Lipinski definition) is 2. The number of aliphatic hydroxyl groups excluding tert-OH is 1. The molecule has 0 radical (unpaired) electrons. The summed E-state index contributed by atoms with van der Waals surface area (Å²) < 4.78 is 5.45. The zero-order chi connectivity index (χ0) is 16.4. The number of anilines is 1. The quantitative estimate of drug-likeness (QED) is 0.905. The highest BCUT2D eigenvalue weighted by Gasteiger charge is 2.25. The first-order chi connectivity index (χ1) is 11.8. The SMILES string of the molecule is OC(c1cc(N2CCOCC2)nc2ccccc12)C1CCCCN1. The van der Waals surface area contributed by atoms with E-state index in [0.29, 0.717) is 0 Å². The van der Waals surface area contributed by atoms with Crippen molar-refractivity contribution in [2.45, 2.75) is 31.4 Å². The summed E-state index contributed by atoms with van der Waals surface area (Å²) in [5.41, 5.74) is 1.94. The van der Waals surface area contributed by atoms with E-state index in [9.17, 15) is 5.11 Å². The van der Waals surface area contributed by atoms with Gasteiger partial charge in [-0.3, -0.25) is 0 Å². The summed E-state index contributed by atoms with van der Waals surface area (Å²) in [6, 6.07) is 10.3. The number of para-hydroxylation sites is 1. The van der Waals surface area contributed by atoms with Crippen molar-refractivity contribution < 1.29 is 9.84 Å². The van der Waals surface area contributed by atoms with Gasteiger partial charge >= 0.3 is 0 Å². The summed E-state index contributed by atoms with van der Waals surface area (Å²) in [6.07, 6.45) is 2.89. The van der Waals surface area contributed by atoms with Crippen molar-refractivity contribution >= 4 is 16.7 Å². The molecule has 0 spiro atoms. The van der Waals surface area contributed by atoms with Crippen molar-refractivity contribution in [3.8, 4) is 0 Å². The molecule has 5 nitrogen and oxygen atoms in total. The van der Waals surface area contributed by atoms with Gasteiger partial charge in [0.05, 0.1) is 24.8 Å². The zero-order valence-corrected chi connectivity index (χ0v) is 13.9. The number of nitrogens with zero attached hydrogens (tertiary/aromatic N) is 2. The summed E-state index contributed by atoms with van der Waals surface area (Å²) in [7, 11) is 0. The lowest BCUT2D eigenvalue weighted by molar-refractivity contribution is 0.115. The van der Waals surface area contributed by atoms with E-state index < -0.39 is 6.10 Å². The average Bonchev–Trinajstić information content (AvgIpc) is 2.68. The number of benzene rings is 1. The normalized spacial score (nSPS) is 23.4. The minimum Gasteiger partial charge on any atom is -0.387 e. The summed E-state index contributed by atoms with van der Waals surface area (Å²) in [5, 5.41) is 15.6. The minimum atomic E-state index is -0.502. The Labute approximate surface area is 142 Å².